The third-order valence-corrected chi connectivity index (χ3v) is 4.99. The smallest absolute Gasteiger partial charge is 0.279 e. The monoisotopic (exact) mass is 288 g/mol. The van der Waals surface area contributed by atoms with Crippen LogP contribution in [0.5, 0.6) is 0 Å². The van der Waals surface area contributed by atoms with E-state index in [0.29, 0.717) is 19.5 Å². The Morgan fingerprint density at radius 1 is 1.24 bits per heavy atom. The van der Waals surface area contributed by atoms with Crippen molar-refractivity contribution in [2.24, 2.45) is 5.73 Å². The summed E-state index contributed by atoms with van der Waals surface area (Å²) in [6, 6.07) is 0. The van der Waals surface area contributed by atoms with Crippen LogP contribution in [0.3, 0.4) is 0 Å². The number of rotatable bonds is 9. The van der Waals surface area contributed by atoms with Crippen LogP contribution in [0.2, 0.25) is 0 Å². The second-order valence-corrected chi connectivity index (χ2v) is 7.29. The fourth-order valence-corrected chi connectivity index (χ4v) is 2.61. The number of nitrogens with two attached hydrogens (primary N) is 1. The maximum atomic E-state index is 11.6. The van der Waals surface area contributed by atoms with E-state index in [2.05, 4.69) is 9.44 Å². The second kappa shape index (κ2) is 7.24. The van der Waals surface area contributed by atoms with Gasteiger partial charge in [-0.1, -0.05) is 0 Å². The molecule has 17 heavy (non-hydrogen) atoms. The first-order chi connectivity index (χ1) is 7.75. The molecule has 0 unspecified atom stereocenters. The first kappa shape index (κ1) is 16.7. The quantitative estimate of drug-likeness (QED) is 0.438. The summed E-state index contributed by atoms with van der Waals surface area (Å²) < 4.78 is 50.6. The number of nitrogens with one attached hydrogen (secondary N) is 2. The zero-order chi connectivity index (χ0) is 13.5. The lowest BCUT2D eigenvalue weighted by atomic mass is 10.4. The van der Waals surface area contributed by atoms with Crippen LogP contribution in [0.15, 0.2) is 0 Å². The van der Waals surface area contributed by atoms with E-state index in [1.807, 2.05) is 0 Å². The molecule has 0 aromatic carbocycles. The molecule has 0 fully saturated rings. The van der Waals surface area contributed by atoms with Crippen LogP contribution in [0.25, 0.3) is 0 Å². The Balaban J connectivity index is 4.19. The second-order valence-electron chi connectivity index (χ2n) is 3.39. The van der Waals surface area contributed by atoms with Crippen molar-refractivity contribution in [2.45, 2.75) is 6.42 Å². The minimum absolute atomic E-state index is 0.168. The fourth-order valence-electron chi connectivity index (χ4n) is 0.951. The lowest BCUT2D eigenvalue weighted by Crippen LogP contribution is -2.41. The van der Waals surface area contributed by atoms with Gasteiger partial charge in [-0.15, -0.1) is 0 Å². The molecule has 0 aliphatic rings. The summed E-state index contributed by atoms with van der Waals surface area (Å²) >= 11 is 0. The van der Waals surface area contributed by atoms with E-state index in [9.17, 15) is 16.8 Å². The normalized spacial score (nSPS) is 13.2. The van der Waals surface area contributed by atoms with Crippen LogP contribution >= 0.6 is 0 Å². The Bertz CT molecular complexity index is 406. The largest absolute Gasteiger partial charge is 0.330 e. The molecule has 0 aliphatic heterocycles. The lowest BCUT2D eigenvalue weighted by molar-refractivity contribution is 0.454. The van der Waals surface area contributed by atoms with Gasteiger partial charge in [0.15, 0.2) is 0 Å². The van der Waals surface area contributed by atoms with E-state index in [1.54, 1.807) is 0 Å². The van der Waals surface area contributed by atoms with E-state index >= 15 is 0 Å². The summed E-state index contributed by atoms with van der Waals surface area (Å²) in [4.78, 5) is 0. The molecule has 10 heteroatoms. The van der Waals surface area contributed by atoms with Crippen LogP contribution in [0, 0.1) is 0 Å². The van der Waals surface area contributed by atoms with Crippen LogP contribution in [-0.4, -0.2) is 60.6 Å². The Kier molecular flexibility index (Phi) is 7.13. The first-order valence-electron chi connectivity index (χ1n) is 5.07. The fraction of sp³-hybridized carbons (Fsp3) is 1.00. The maximum Gasteiger partial charge on any atom is 0.279 e. The van der Waals surface area contributed by atoms with Gasteiger partial charge in [-0.2, -0.15) is 12.7 Å². The standard InChI is InChI=1S/C7H20N4O4S2/c1-9-16(12,13)7-5-10-17(14,15)11(2)6-3-4-8/h9-10H,3-8H2,1-2H3. The summed E-state index contributed by atoms with van der Waals surface area (Å²) in [7, 11) is -4.35. The molecule has 0 bridgehead atoms. The minimum atomic E-state index is -3.63. The molecule has 0 saturated heterocycles. The molecule has 0 saturated carbocycles. The van der Waals surface area contributed by atoms with Crippen LogP contribution < -0.4 is 15.2 Å². The van der Waals surface area contributed by atoms with Crippen molar-refractivity contribution in [3.05, 3.63) is 0 Å². The van der Waals surface area contributed by atoms with E-state index in [-0.39, 0.29) is 12.3 Å². The molecule has 0 amide bonds. The number of hydrogen-bond donors (Lipinski definition) is 3. The molecule has 0 heterocycles. The average Bonchev–Trinajstić information content (AvgIpc) is 2.25. The summed E-state index contributed by atoms with van der Waals surface area (Å²) in [5.41, 5.74) is 5.27. The Morgan fingerprint density at radius 2 is 1.82 bits per heavy atom. The van der Waals surface area contributed by atoms with Crippen molar-refractivity contribution in [3.8, 4) is 0 Å². The van der Waals surface area contributed by atoms with Gasteiger partial charge in [0.25, 0.3) is 10.2 Å². The topological polar surface area (TPSA) is 122 Å². The number of sulfonamides is 1. The lowest BCUT2D eigenvalue weighted by Gasteiger charge is -2.17. The van der Waals surface area contributed by atoms with Gasteiger partial charge in [0.2, 0.25) is 10.0 Å². The molecular weight excluding hydrogens is 268 g/mol. The van der Waals surface area contributed by atoms with Crippen LogP contribution in [-0.2, 0) is 20.2 Å². The average molecular weight is 288 g/mol. The molecule has 4 N–H and O–H groups in total. The highest BCUT2D eigenvalue weighted by atomic mass is 32.2. The van der Waals surface area contributed by atoms with Gasteiger partial charge >= 0.3 is 0 Å². The summed E-state index contributed by atoms with van der Waals surface area (Å²) in [6.45, 7) is 0.525. The highest BCUT2D eigenvalue weighted by molar-refractivity contribution is 7.89. The van der Waals surface area contributed by atoms with Crippen molar-refractivity contribution < 1.29 is 16.8 Å². The SMILES string of the molecule is CNS(=O)(=O)CCNS(=O)(=O)N(C)CCCN. The van der Waals surface area contributed by atoms with Crippen molar-refractivity contribution in [1.82, 2.24) is 13.7 Å². The van der Waals surface area contributed by atoms with Crippen LogP contribution in [0.4, 0.5) is 0 Å². The summed E-state index contributed by atoms with van der Waals surface area (Å²) in [5.74, 6) is -0.298. The van der Waals surface area contributed by atoms with Gasteiger partial charge in [0.05, 0.1) is 5.75 Å². The molecule has 0 spiro atoms. The van der Waals surface area contributed by atoms with Gasteiger partial charge in [-0.3, -0.25) is 0 Å². The molecule has 0 aliphatic carbocycles. The van der Waals surface area contributed by atoms with Gasteiger partial charge in [0.1, 0.15) is 0 Å². The molecule has 8 nitrogen and oxygen atoms in total. The van der Waals surface area contributed by atoms with Gasteiger partial charge in [-0.25, -0.2) is 17.9 Å². The molecule has 0 rings (SSSR count). The third-order valence-electron chi connectivity index (χ3n) is 2.05. The molecule has 0 aromatic heterocycles. The van der Waals surface area contributed by atoms with Gasteiger partial charge in [-0.05, 0) is 20.0 Å². The van der Waals surface area contributed by atoms with E-state index in [0.717, 1.165) is 4.31 Å². The van der Waals surface area contributed by atoms with E-state index in [4.69, 9.17) is 5.73 Å². The Hall–Kier alpha value is -0.260. The van der Waals surface area contributed by atoms with Gasteiger partial charge < -0.3 is 5.73 Å². The summed E-state index contributed by atoms with van der Waals surface area (Å²) in [6.07, 6.45) is 0.548. The Morgan fingerprint density at radius 3 is 2.29 bits per heavy atom. The van der Waals surface area contributed by atoms with Crippen LogP contribution in [0.1, 0.15) is 6.42 Å². The highest BCUT2D eigenvalue weighted by Crippen LogP contribution is 1.95. The first-order valence-corrected chi connectivity index (χ1v) is 8.16. The predicted octanol–water partition coefficient (Wildman–Crippen LogP) is -2.35. The van der Waals surface area contributed by atoms with Gasteiger partial charge in [0, 0.05) is 20.1 Å². The van der Waals surface area contributed by atoms with E-state index in [1.165, 1.54) is 14.1 Å². The number of hydrogen-bond acceptors (Lipinski definition) is 5. The zero-order valence-electron chi connectivity index (χ0n) is 10.0. The van der Waals surface area contributed by atoms with Crippen molar-refractivity contribution in [3.63, 3.8) is 0 Å². The molecular formula is C7H20N4O4S2. The number of nitrogens with zero attached hydrogens (tertiary/aromatic N) is 1. The summed E-state index contributed by atoms with van der Waals surface area (Å²) in [5, 5.41) is 0. The molecule has 0 radical (unpaired) electrons. The molecule has 0 aromatic rings. The minimum Gasteiger partial charge on any atom is -0.330 e. The van der Waals surface area contributed by atoms with Crippen molar-refractivity contribution in [2.75, 3.05) is 39.5 Å². The highest BCUT2D eigenvalue weighted by Gasteiger charge is 2.17. The molecule has 0 atom stereocenters. The zero-order valence-corrected chi connectivity index (χ0v) is 11.6. The molecule has 104 valence electrons. The third kappa shape index (κ3) is 6.91. The Labute approximate surface area is 103 Å². The van der Waals surface area contributed by atoms with Crippen molar-refractivity contribution >= 4 is 20.2 Å². The van der Waals surface area contributed by atoms with Crippen molar-refractivity contribution in [1.29, 1.82) is 0 Å². The van der Waals surface area contributed by atoms with E-state index < -0.39 is 20.2 Å². The maximum absolute atomic E-state index is 11.6. The predicted molar refractivity (Wildman–Crippen MR) is 66.1 cm³/mol.